The van der Waals surface area contributed by atoms with Crippen molar-refractivity contribution in [1.82, 2.24) is 15.5 Å². The highest BCUT2D eigenvalue weighted by atomic mass is 16.6. The molecule has 2 rings (SSSR count). The Morgan fingerprint density at radius 2 is 2.00 bits per heavy atom. The van der Waals surface area contributed by atoms with Crippen LogP contribution in [0.1, 0.15) is 11.4 Å². The van der Waals surface area contributed by atoms with E-state index in [1.165, 1.54) is 18.5 Å². The lowest BCUT2D eigenvalue weighted by atomic mass is 10.1. The maximum atomic E-state index is 10.9. The van der Waals surface area contributed by atoms with Crippen LogP contribution in [0.15, 0.2) is 29.1 Å². The first kappa shape index (κ1) is 13.5. The maximum absolute atomic E-state index is 10.9. The summed E-state index contributed by atoms with van der Waals surface area (Å²) in [6.07, 6.45) is 1.17. The van der Waals surface area contributed by atoms with Gasteiger partial charge in [-0.3, -0.25) is 20.2 Å². The molecule has 0 aliphatic rings. The summed E-state index contributed by atoms with van der Waals surface area (Å²) < 4.78 is 4.54. The number of nitrogens with zero attached hydrogens (tertiary/aromatic N) is 4. The van der Waals surface area contributed by atoms with Gasteiger partial charge in [0.05, 0.1) is 22.5 Å². The van der Waals surface area contributed by atoms with Crippen molar-refractivity contribution in [2.24, 2.45) is 0 Å². The Bertz CT molecular complexity index is 627. The van der Waals surface area contributed by atoms with Gasteiger partial charge in [0.25, 0.3) is 11.4 Å². The number of aromatic nitrogens is 2. The normalized spacial score (nSPS) is 10.4. The van der Waals surface area contributed by atoms with Gasteiger partial charge in [-0.2, -0.15) is 4.98 Å². The van der Waals surface area contributed by atoms with Gasteiger partial charge in [0.15, 0.2) is 5.82 Å². The van der Waals surface area contributed by atoms with E-state index >= 15 is 0 Å². The molecular weight excluding hydrogens is 270 g/mol. The van der Waals surface area contributed by atoms with Gasteiger partial charge < -0.3 is 9.84 Å². The molecule has 0 amide bonds. The van der Waals surface area contributed by atoms with Crippen LogP contribution in [0.25, 0.3) is 0 Å². The lowest BCUT2D eigenvalue weighted by Crippen LogP contribution is -2.14. The summed E-state index contributed by atoms with van der Waals surface area (Å²) >= 11 is 0. The van der Waals surface area contributed by atoms with Gasteiger partial charge in [0.2, 0.25) is 6.39 Å². The molecule has 0 saturated carbocycles. The van der Waals surface area contributed by atoms with E-state index in [0.717, 1.165) is 6.07 Å². The fourth-order valence-electron chi connectivity index (χ4n) is 1.56. The van der Waals surface area contributed by atoms with E-state index in [0.29, 0.717) is 11.4 Å². The standard InChI is InChI=1S/C10H9N5O5/c16-14(17)8-2-1-7(9(3-8)15(18)19)4-11-5-10-12-6-20-13-10/h1-3,6,11H,4-5H2. The number of hydrogen-bond acceptors (Lipinski definition) is 8. The van der Waals surface area contributed by atoms with Crippen molar-refractivity contribution in [2.45, 2.75) is 13.1 Å². The van der Waals surface area contributed by atoms with E-state index in [1.807, 2.05) is 0 Å². The zero-order valence-corrected chi connectivity index (χ0v) is 10.1. The van der Waals surface area contributed by atoms with Gasteiger partial charge in [-0.25, -0.2) is 0 Å². The Kier molecular flexibility index (Phi) is 3.96. The molecule has 10 nitrogen and oxygen atoms in total. The van der Waals surface area contributed by atoms with Crippen molar-refractivity contribution >= 4 is 11.4 Å². The summed E-state index contributed by atoms with van der Waals surface area (Å²) in [5, 5.41) is 28.0. The Labute approximate surface area is 111 Å². The van der Waals surface area contributed by atoms with E-state index in [-0.39, 0.29) is 24.5 Å². The summed E-state index contributed by atoms with van der Waals surface area (Å²) in [6.45, 7) is 0.424. The van der Waals surface area contributed by atoms with Gasteiger partial charge in [0, 0.05) is 18.2 Å². The molecule has 0 bridgehead atoms. The van der Waals surface area contributed by atoms with E-state index in [4.69, 9.17) is 0 Å². The molecule has 1 aromatic carbocycles. The smallest absolute Gasteiger partial charge is 0.280 e. The number of nitrogens with one attached hydrogen (secondary N) is 1. The number of hydrogen-bond donors (Lipinski definition) is 1. The van der Waals surface area contributed by atoms with Crippen molar-refractivity contribution in [3.8, 4) is 0 Å². The number of rotatable bonds is 6. The maximum Gasteiger partial charge on any atom is 0.280 e. The van der Waals surface area contributed by atoms with Crippen LogP contribution in [0.3, 0.4) is 0 Å². The molecule has 10 heteroatoms. The summed E-state index contributed by atoms with van der Waals surface area (Å²) in [6, 6.07) is 3.50. The van der Waals surface area contributed by atoms with Gasteiger partial charge in [-0.05, 0) is 6.07 Å². The van der Waals surface area contributed by atoms with Crippen LogP contribution in [-0.2, 0) is 13.1 Å². The zero-order chi connectivity index (χ0) is 14.5. The van der Waals surface area contributed by atoms with Crippen LogP contribution in [0, 0.1) is 20.2 Å². The number of nitro benzene ring substituents is 2. The molecule has 0 aliphatic carbocycles. The molecule has 0 spiro atoms. The van der Waals surface area contributed by atoms with E-state index in [9.17, 15) is 20.2 Å². The van der Waals surface area contributed by atoms with Gasteiger partial charge in [-0.1, -0.05) is 5.16 Å². The van der Waals surface area contributed by atoms with Crippen LogP contribution in [0.2, 0.25) is 0 Å². The number of non-ortho nitro benzene ring substituents is 1. The molecular formula is C10H9N5O5. The van der Waals surface area contributed by atoms with Crippen LogP contribution in [-0.4, -0.2) is 20.0 Å². The molecule has 2 aromatic rings. The molecule has 0 radical (unpaired) electrons. The summed E-state index contributed by atoms with van der Waals surface area (Å²) in [7, 11) is 0. The fraction of sp³-hybridized carbons (Fsp3) is 0.200. The van der Waals surface area contributed by atoms with Crippen molar-refractivity contribution in [3.05, 3.63) is 56.2 Å². The SMILES string of the molecule is O=[N+]([O-])c1ccc(CNCc2ncon2)c([N+](=O)[O-])c1. The third-order valence-electron chi connectivity index (χ3n) is 2.48. The molecule has 20 heavy (non-hydrogen) atoms. The second kappa shape index (κ2) is 5.84. The van der Waals surface area contributed by atoms with Crippen LogP contribution in [0.4, 0.5) is 11.4 Å². The van der Waals surface area contributed by atoms with Gasteiger partial charge >= 0.3 is 0 Å². The van der Waals surface area contributed by atoms with E-state index in [2.05, 4.69) is 20.0 Å². The first-order valence-corrected chi connectivity index (χ1v) is 5.45. The van der Waals surface area contributed by atoms with Crippen molar-refractivity contribution in [1.29, 1.82) is 0 Å². The average molecular weight is 279 g/mol. The minimum Gasteiger partial charge on any atom is -0.343 e. The second-order valence-electron chi connectivity index (χ2n) is 3.78. The first-order chi connectivity index (χ1) is 9.58. The topological polar surface area (TPSA) is 137 Å². The summed E-state index contributed by atoms with van der Waals surface area (Å²) in [5.74, 6) is 0.412. The monoisotopic (exact) mass is 279 g/mol. The van der Waals surface area contributed by atoms with Gasteiger partial charge in [-0.15, -0.1) is 0 Å². The average Bonchev–Trinajstić information content (AvgIpc) is 2.91. The largest absolute Gasteiger partial charge is 0.343 e. The highest BCUT2D eigenvalue weighted by molar-refractivity contribution is 5.49. The first-order valence-electron chi connectivity index (χ1n) is 5.45. The van der Waals surface area contributed by atoms with Crippen LogP contribution < -0.4 is 5.32 Å². The molecule has 0 unspecified atom stereocenters. The lowest BCUT2D eigenvalue weighted by molar-refractivity contribution is -0.394. The Balaban J connectivity index is 2.10. The molecule has 1 aromatic heterocycles. The summed E-state index contributed by atoms with van der Waals surface area (Å²) in [5.41, 5.74) is -0.289. The molecule has 1 N–H and O–H groups in total. The highest BCUT2D eigenvalue weighted by Gasteiger charge is 2.18. The quantitative estimate of drug-likeness (QED) is 0.614. The van der Waals surface area contributed by atoms with Crippen molar-refractivity contribution in [3.63, 3.8) is 0 Å². The Morgan fingerprint density at radius 3 is 2.60 bits per heavy atom. The fourth-order valence-corrected chi connectivity index (χ4v) is 1.56. The third-order valence-corrected chi connectivity index (χ3v) is 2.48. The van der Waals surface area contributed by atoms with Crippen LogP contribution >= 0.6 is 0 Å². The summed E-state index contributed by atoms with van der Waals surface area (Å²) in [4.78, 5) is 23.9. The zero-order valence-electron chi connectivity index (χ0n) is 10.1. The number of benzene rings is 1. The minimum absolute atomic E-state index is 0.156. The Hall–Kier alpha value is -2.88. The van der Waals surface area contributed by atoms with Crippen molar-refractivity contribution < 1.29 is 14.4 Å². The molecule has 0 atom stereocenters. The van der Waals surface area contributed by atoms with Crippen molar-refractivity contribution in [2.75, 3.05) is 0 Å². The molecule has 0 aliphatic heterocycles. The molecule has 104 valence electrons. The minimum atomic E-state index is -0.677. The molecule has 1 heterocycles. The highest BCUT2D eigenvalue weighted by Crippen LogP contribution is 2.24. The molecule has 0 saturated heterocycles. The van der Waals surface area contributed by atoms with Crippen LogP contribution in [0.5, 0.6) is 0 Å². The third kappa shape index (κ3) is 3.11. The van der Waals surface area contributed by atoms with Gasteiger partial charge in [0.1, 0.15) is 0 Å². The predicted molar refractivity (Wildman–Crippen MR) is 64.6 cm³/mol. The van der Waals surface area contributed by atoms with E-state index in [1.54, 1.807) is 0 Å². The predicted octanol–water partition coefficient (Wildman–Crippen LogP) is 1.18. The Morgan fingerprint density at radius 1 is 1.20 bits per heavy atom. The number of nitro groups is 2. The molecule has 0 fully saturated rings. The second-order valence-corrected chi connectivity index (χ2v) is 3.78. The lowest BCUT2D eigenvalue weighted by Gasteiger charge is -2.03. The van der Waals surface area contributed by atoms with E-state index < -0.39 is 9.85 Å².